The highest BCUT2D eigenvalue weighted by Gasteiger charge is 2.25. The summed E-state index contributed by atoms with van der Waals surface area (Å²) in [6.45, 7) is 3.85. The van der Waals surface area contributed by atoms with Gasteiger partial charge >= 0.3 is 0 Å². The lowest BCUT2D eigenvalue weighted by molar-refractivity contribution is -0.118. The minimum absolute atomic E-state index is 0.0787. The molecule has 1 nitrogen and oxygen atoms in total. The van der Waals surface area contributed by atoms with Crippen LogP contribution >= 0.6 is 27.5 Å². The maximum atomic E-state index is 11.5. The van der Waals surface area contributed by atoms with Gasteiger partial charge in [0.15, 0.2) is 5.78 Å². The van der Waals surface area contributed by atoms with E-state index in [1.807, 2.05) is 13.8 Å². The van der Waals surface area contributed by atoms with E-state index in [0.717, 1.165) is 18.4 Å². The molecule has 0 saturated heterocycles. The molecule has 0 saturated carbocycles. The molecule has 0 radical (unpaired) electrons. The Morgan fingerprint density at radius 3 is 2.67 bits per heavy atom. The fourth-order valence-corrected chi connectivity index (χ4v) is 2.24. The zero-order chi connectivity index (χ0) is 9.30. The Labute approximate surface area is 86.3 Å². The van der Waals surface area contributed by atoms with E-state index >= 15 is 0 Å². The fraction of sp³-hybridized carbons (Fsp3) is 0.667. The van der Waals surface area contributed by atoms with Crippen LogP contribution in [-0.4, -0.2) is 10.6 Å². The molecule has 2 atom stereocenters. The average Bonchev–Trinajstić information content (AvgIpc) is 2.14. The molecule has 68 valence electrons. The summed E-state index contributed by atoms with van der Waals surface area (Å²) in [6, 6.07) is 0. The van der Waals surface area contributed by atoms with Gasteiger partial charge in [-0.3, -0.25) is 4.79 Å². The van der Waals surface area contributed by atoms with Crippen LogP contribution in [0.4, 0.5) is 0 Å². The zero-order valence-electron chi connectivity index (χ0n) is 7.23. The monoisotopic (exact) mass is 250 g/mol. The first-order valence-corrected chi connectivity index (χ1v) is 5.38. The van der Waals surface area contributed by atoms with Crippen LogP contribution in [0.1, 0.15) is 26.7 Å². The maximum Gasteiger partial charge on any atom is 0.176 e. The number of hydrogen-bond acceptors (Lipinski definition) is 1. The highest BCUT2D eigenvalue weighted by Crippen LogP contribution is 2.31. The summed E-state index contributed by atoms with van der Waals surface area (Å²) in [5.41, 5.74) is 0.978. The van der Waals surface area contributed by atoms with Crippen LogP contribution in [0.3, 0.4) is 0 Å². The minimum atomic E-state index is 0.0787. The Kier molecular flexibility index (Phi) is 3.36. The third-order valence-electron chi connectivity index (χ3n) is 2.33. The van der Waals surface area contributed by atoms with E-state index in [0.29, 0.717) is 5.03 Å². The van der Waals surface area contributed by atoms with Crippen molar-refractivity contribution in [1.29, 1.82) is 0 Å². The summed E-state index contributed by atoms with van der Waals surface area (Å²) in [7, 11) is 0. The fourth-order valence-electron chi connectivity index (χ4n) is 1.29. The molecular weight excluding hydrogens is 239 g/mol. The standard InChI is InChI=1S/C9H12BrClO/c1-5-3-4-7(10)6(2)8(11)9(5)12/h5,7H,3-4H2,1-2H3. The van der Waals surface area contributed by atoms with Gasteiger partial charge in [0, 0.05) is 10.7 Å². The van der Waals surface area contributed by atoms with Gasteiger partial charge in [0.2, 0.25) is 0 Å². The second-order valence-corrected chi connectivity index (χ2v) is 4.79. The van der Waals surface area contributed by atoms with Crippen molar-refractivity contribution in [1.82, 2.24) is 0 Å². The van der Waals surface area contributed by atoms with Gasteiger partial charge in [0.05, 0.1) is 5.03 Å². The first-order valence-electron chi connectivity index (χ1n) is 4.08. The minimum Gasteiger partial charge on any atom is -0.293 e. The molecule has 0 bridgehead atoms. The van der Waals surface area contributed by atoms with Crippen LogP contribution in [0, 0.1) is 5.92 Å². The Bertz CT molecular complexity index is 235. The Morgan fingerprint density at radius 2 is 2.08 bits per heavy atom. The van der Waals surface area contributed by atoms with Gasteiger partial charge in [-0.2, -0.15) is 0 Å². The molecule has 0 amide bonds. The van der Waals surface area contributed by atoms with Crippen LogP contribution in [0.2, 0.25) is 0 Å². The largest absolute Gasteiger partial charge is 0.293 e. The van der Waals surface area contributed by atoms with E-state index in [9.17, 15) is 4.79 Å². The van der Waals surface area contributed by atoms with E-state index < -0.39 is 0 Å². The topological polar surface area (TPSA) is 17.1 Å². The highest BCUT2D eigenvalue weighted by molar-refractivity contribution is 9.09. The number of carbonyl (C=O) groups is 1. The molecular formula is C9H12BrClO. The third-order valence-corrected chi connectivity index (χ3v) is 3.96. The van der Waals surface area contributed by atoms with Crippen molar-refractivity contribution in [2.45, 2.75) is 31.5 Å². The van der Waals surface area contributed by atoms with E-state index in [4.69, 9.17) is 11.6 Å². The Morgan fingerprint density at radius 1 is 1.50 bits per heavy atom. The van der Waals surface area contributed by atoms with Crippen molar-refractivity contribution in [3.8, 4) is 0 Å². The summed E-state index contributed by atoms with van der Waals surface area (Å²) in [5, 5.41) is 0.432. The number of ketones is 1. The number of rotatable bonds is 0. The van der Waals surface area contributed by atoms with Crippen molar-refractivity contribution in [2.24, 2.45) is 5.92 Å². The van der Waals surface area contributed by atoms with Crippen LogP contribution in [0.5, 0.6) is 0 Å². The molecule has 1 rings (SSSR count). The SMILES string of the molecule is CC1=C(Cl)C(=O)C(C)CCC1Br. The lowest BCUT2D eigenvalue weighted by Gasteiger charge is -2.06. The Balaban J connectivity index is 2.97. The summed E-state index contributed by atoms with van der Waals surface area (Å²) in [4.78, 5) is 11.8. The molecule has 0 spiro atoms. The lowest BCUT2D eigenvalue weighted by atomic mass is 10.0. The molecule has 0 heterocycles. The molecule has 12 heavy (non-hydrogen) atoms. The molecule has 2 unspecified atom stereocenters. The molecule has 0 aliphatic heterocycles. The molecule has 0 N–H and O–H groups in total. The summed E-state index contributed by atoms with van der Waals surface area (Å²) < 4.78 is 0. The predicted octanol–water partition coefficient (Wildman–Crippen LogP) is 3.26. The van der Waals surface area contributed by atoms with Gasteiger partial charge in [0.25, 0.3) is 0 Å². The van der Waals surface area contributed by atoms with Gasteiger partial charge in [-0.05, 0) is 25.3 Å². The number of halogens is 2. The first kappa shape index (κ1) is 10.3. The number of Topliss-reactive ketones (excluding diaryl/α,β-unsaturated/α-hetero) is 1. The van der Waals surface area contributed by atoms with Crippen LogP contribution in [0.25, 0.3) is 0 Å². The van der Waals surface area contributed by atoms with Crippen molar-refractivity contribution >= 4 is 33.3 Å². The van der Waals surface area contributed by atoms with Gasteiger partial charge in [-0.15, -0.1) is 0 Å². The second kappa shape index (κ2) is 3.93. The van der Waals surface area contributed by atoms with Gasteiger partial charge < -0.3 is 0 Å². The van der Waals surface area contributed by atoms with Gasteiger partial charge in [0.1, 0.15) is 0 Å². The first-order chi connectivity index (χ1) is 5.54. The average molecular weight is 252 g/mol. The number of hydrogen-bond donors (Lipinski definition) is 0. The van der Waals surface area contributed by atoms with Crippen molar-refractivity contribution in [3.05, 3.63) is 10.6 Å². The van der Waals surface area contributed by atoms with Crippen LogP contribution < -0.4 is 0 Å². The van der Waals surface area contributed by atoms with Gasteiger partial charge in [-0.1, -0.05) is 34.5 Å². The molecule has 1 aliphatic rings. The summed E-state index contributed by atoms with van der Waals surface area (Å²) >= 11 is 9.42. The summed E-state index contributed by atoms with van der Waals surface area (Å²) in [5.74, 6) is 0.172. The third kappa shape index (κ3) is 1.91. The van der Waals surface area contributed by atoms with E-state index in [2.05, 4.69) is 15.9 Å². The molecule has 0 fully saturated rings. The lowest BCUT2D eigenvalue weighted by Crippen LogP contribution is -2.09. The number of alkyl halides is 1. The predicted molar refractivity (Wildman–Crippen MR) is 54.7 cm³/mol. The molecule has 3 heteroatoms. The van der Waals surface area contributed by atoms with Crippen LogP contribution in [0.15, 0.2) is 10.6 Å². The van der Waals surface area contributed by atoms with Crippen LogP contribution in [-0.2, 0) is 4.79 Å². The Hall–Kier alpha value is 0.180. The summed E-state index contributed by atoms with van der Waals surface area (Å²) in [6.07, 6.45) is 1.91. The molecule has 1 aliphatic carbocycles. The van der Waals surface area contributed by atoms with E-state index in [1.54, 1.807) is 0 Å². The quantitative estimate of drug-likeness (QED) is 0.604. The smallest absolute Gasteiger partial charge is 0.176 e. The highest BCUT2D eigenvalue weighted by atomic mass is 79.9. The molecule has 0 aromatic carbocycles. The van der Waals surface area contributed by atoms with Crippen molar-refractivity contribution in [2.75, 3.05) is 0 Å². The zero-order valence-corrected chi connectivity index (χ0v) is 9.58. The second-order valence-electron chi connectivity index (χ2n) is 3.31. The van der Waals surface area contributed by atoms with E-state index in [-0.39, 0.29) is 16.5 Å². The maximum absolute atomic E-state index is 11.5. The van der Waals surface area contributed by atoms with E-state index in [1.165, 1.54) is 0 Å². The normalized spacial score (nSPS) is 32.2. The van der Waals surface area contributed by atoms with Gasteiger partial charge in [-0.25, -0.2) is 0 Å². The number of carbonyl (C=O) groups excluding carboxylic acids is 1. The molecule has 0 aromatic heterocycles. The van der Waals surface area contributed by atoms with Crippen molar-refractivity contribution < 1.29 is 4.79 Å². The number of allylic oxidation sites excluding steroid dienone is 2. The van der Waals surface area contributed by atoms with Crippen molar-refractivity contribution in [3.63, 3.8) is 0 Å². The molecule has 0 aromatic rings.